The van der Waals surface area contributed by atoms with E-state index in [0.717, 1.165) is 23.1 Å². The standard InChI is InChI=1S/C14H16BrNO2/c1-3-10(15)14(17)9-8-16-11-6-5-7-12(13(9)11)18-4-2/h5-8,10,16H,3-4H2,1-2H3. The fourth-order valence-electron chi connectivity index (χ4n) is 1.98. The molecule has 1 atom stereocenters. The van der Waals surface area contributed by atoms with Gasteiger partial charge in [0.1, 0.15) is 5.75 Å². The molecule has 0 spiro atoms. The molecule has 1 aromatic heterocycles. The van der Waals surface area contributed by atoms with E-state index in [1.807, 2.05) is 32.0 Å². The van der Waals surface area contributed by atoms with Crippen LogP contribution in [0.3, 0.4) is 0 Å². The third-order valence-corrected chi connectivity index (χ3v) is 3.94. The Labute approximate surface area is 115 Å². The Kier molecular flexibility index (Phi) is 4.07. The molecule has 96 valence electrons. The largest absolute Gasteiger partial charge is 0.493 e. The van der Waals surface area contributed by atoms with Crippen molar-refractivity contribution in [3.05, 3.63) is 30.0 Å². The lowest BCUT2D eigenvalue weighted by molar-refractivity contribution is 0.0991. The molecule has 3 nitrogen and oxygen atoms in total. The molecule has 1 N–H and O–H groups in total. The molecule has 1 aromatic carbocycles. The molecule has 18 heavy (non-hydrogen) atoms. The summed E-state index contributed by atoms with van der Waals surface area (Å²) in [6.45, 7) is 4.51. The van der Waals surface area contributed by atoms with Gasteiger partial charge in [-0.15, -0.1) is 0 Å². The van der Waals surface area contributed by atoms with Crippen molar-refractivity contribution >= 4 is 32.6 Å². The summed E-state index contributed by atoms with van der Waals surface area (Å²) >= 11 is 3.41. The summed E-state index contributed by atoms with van der Waals surface area (Å²) in [5.41, 5.74) is 1.62. The van der Waals surface area contributed by atoms with Crippen molar-refractivity contribution in [2.75, 3.05) is 6.61 Å². The zero-order chi connectivity index (χ0) is 13.1. The number of halogens is 1. The van der Waals surface area contributed by atoms with Crippen molar-refractivity contribution in [2.24, 2.45) is 0 Å². The summed E-state index contributed by atoms with van der Waals surface area (Å²) in [5, 5.41) is 0.877. The minimum atomic E-state index is -0.147. The van der Waals surface area contributed by atoms with E-state index in [9.17, 15) is 4.79 Å². The maximum absolute atomic E-state index is 12.3. The number of hydrogen-bond acceptors (Lipinski definition) is 2. The van der Waals surface area contributed by atoms with E-state index in [1.54, 1.807) is 6.20 Å². The molecule has 0 aliphatic heterocycles. The molecule has 0 saturated carbocycles. The number of alkyl halides is 1. The quantitative estimate of drug-likeness (QED) is 0.672. The number of aromatic nitrogens is 1. The number of benzene rings is 1. The lowest BCUT2D eigenvalue weighted by Crippen LogP contribution is -2.12. The maximum atomic E-state index is 12.3. The molecule has 1 heterocycles. The summed E-state index contributed by atoms with van der Waals surface area (Å²) in [4.78, 5) is 15.3. The predicted octanol–water partition coefficient (Wildman–Crippen LogP) is 3.92. The minimum Gasteiger partial charge on any atom is -0.493 e. The molecule has 2 aromatic rings. The monoisotopic (exact) mass is 309 g/mol. The van der Waals surface area contributed by atoms with E-state index in [-0.39, 0.29) is 10.6 Å². The van der Waals surface area contributed by atoms with Gasteiger partial charge in [0.05, 0.1) is 16.8 Å². The van der Waals surface area contributed by atoms with Crippen LogP contribution in [-0.4, -0.2) is 22.2 Å². The molecule has 1 unspecified atom stereocenters. The van der Waals surface area contributed by atoms with Crippen molar-refractivity contribution < 1.29 is 9.53 Å². The normalized spacial score (nSPS) is 12.6. The van der Waals surface area contributed by atoms with Gasteiger partial charge in [-0.1, -0.05) is 28.9 Å². The lowest BCUT2D eigenvalue weighted by Gasteiger charge is -2.08. The average molecular weight is 310 g/mol. The summed E-state index contributed by atoms with van der Waals surface area (Å²) in [5.74, 6) is 0.853. The Morgan fingerprint density at radius 2 is 2.22 bits per heavy atom. The number of aromatic amines is 1. The summed E-state index contributed by atoms with van der Waals surface area (Å²) < 4.78 is 5.59. The minimum absolute atomic E-state index is 0.0934. The van der Waals surface area contributed by atoms with Gasteiger partial charge in [-0.3, -0.25) is 4.79 Å². The van der Waals surface area contributed by atoms with Crippen molar-refractivity contribution in [3.8, 4) is 5.75 Å². The first kappa shape index (κ1) is 13.1. The topological polar surface area (TPSA) is 42.1 Å². The van der Waals surface area contributed by atoms with Gasteiger partial charge in [0.2, 0.25) is 0 Å². The summed E-state index contributed by atoms with van der Waals surface area (Å²) in [6, 6.07) is 5.76. The van der Waals surface area contributed by atoms with Gasteiger partial charge < -0.3 is 9.72 Å². The van der Waals surface area contributed by atoms with Gasteiger partial charge in [0.15, 0.2) is 5.78 Å². The number of hydrogen-bond donors (Lipinski definition) is 1. The van der Waals surface area contributed by atoms with Crippen LogP contribution in [0.5, 0.6) is 5.75 Å². The van der Waals surface area contributed by atoms with Crippen LogP contribution in [0.4, 0.5) is 0 Å². The first-order valence-electron chi connectivity index (χ1n) is 6.10. The molecule has 0 amide bonds. The number of carbonyl (C=O) groups is 1. The smallest absolute Gasteiger partial charge is 0.178 e. The van der Waals surface area contributed by atoms with Gasteiger partial charge in [0.25, 0.3) is 0 Å². The highest BCUT2D eigenvalue weighted by molar-refractivity contribution is 9.10. The molecule has 0 saturated heterocycles. The average Bonchev–Trinajstić information content (AvgIpc) is 2.82. The number of fused-ring (bicyclic) bond motifs is 1. The van der Waals surface area contributed by atoms with Crippen LogP contribution in [0.1, 0.15) is 30.6 Å². The van der Waals surface area contributed by atoms with Crippen LogP contribution in [0, 0.1) is 0 Å². The van der Waals surface area contributed by atoms with Crippen LogP contribution < -0.4 is 4.74 Å². The predicted molar refractivity (Wildman–Crippen MR) is 76.8 cm³/mol. The highest BCUT2D eigenvalue weighted by atomic mass is 79.9. The van der Waals surface area contributed by atoms with E-state index in [1.165, 1.54) is 0 Å². The Morgan fingerprint density at radius 3 is 2.89 bits per heavy atom. The third kappa shape index (κ3) is 2.29. The molecule has 0 aliphatic carbocycles. The van der Waals surface area contributed by atoms with Crippen LogP contribution in [0.15, 0.2) is 24.4 Å². The first-order chi connectivity index (χ1) is 8.69. The second kappa shape index (κ2) is 5.57. The van der Waals surface area contributed by atoms with Crippen molar-refractivity contribution in [1.29, 1.82) is 0 Å². The SMILES string of the molecule is CCOc1cccc2[nH]cc(C(=O)C(Br)CC)c12. The van der Waals surface area contributed by atoms with E-state index in [4.69, 9.17) is 4.74 Å². The van der Waals surface area contributed by atoms with Gasteiger partial charge in [-0.25, -0.2) is 0 Å². The summed E-state index contributed by atoms with van der Waals surface area (Å²) in [7, 11) is 0. The van der Waals surface area contributed by atoms with Crippen molar-refractivity contribution in [2.45, 2.75) is 25.1 Å². The van der Waals surface area contributed by atoms with E-state index in [2.05, 4.69) is 20.9 Å². The van der Waals surface area contributed by atoms with Crippen molar-refractivity contribution in [1.82, 2.24) is 4.98 Å². The Bertz CT molecular complexity index is 562. The zero-order valence-electron chi connectivity index (χ0n) is 10.5. The first-order valence-corrected chi connectivity index (χ1v) is 7.01. The number of nitrogens with one attached hydrogen (secondary N) is 1. The molecular weight excluding hydrogens is 294 g/mol. The number of ether oxygens (including phenoxy) is 1. The third-order valence-electron chi connectivity index (χ3n) is 2.88. The van der Waals surface area contributed by atoms with Crippen LogP contribution in [-0.2, 0) is 0 Å². The van der Waals surface area contributed by atoms with E-state index in [0.29, 0.717) is 12.2 Å². The number of carbonyl (C=O) groups excluding carboxylic acids is 1. The fourth-order valence-corrected chi connectivity index (χ4v) is 2.22. The molecule has 2 rings (SSSR count). The fraction of sp³-hybridized carbons (Fsp3) is 0.357. The van der Waals surface area contributed by atoms with Gasteiger partial charge in [0, 0.05) is 17.3 Å². The Morgan fingerprint density at radius 1 is 1.44 bits per heavy atom. The van der Waals surface area contributed by atoms with E-state index < -0.39 is 0 Å². The number of ketones is 1. The van der Waals surface area contributed by atoms with Gasteiger partial charge >= 0.3 is 0 Å². The highest BCUT2D eigenvalue weighted by Gasteiger charge is 2.20. The second-order valence-corrected chi connectivity index (χ2v) is 5.16. The van der Waals surface area contributed by atoms with Crippen LogP contribution in [0.25, 0.3) is 10.9 Å². The van der Waals surface area contributed by atoms with Crippen LogP contribution >= 0.6 is 15.9 Å². The van der Waals surface area contributed by atoms with Gasteiger partial charge in [-0.2, -0.15) is 0 Å². The van der Waals surface area contributed by atoms with Crippen molar-refractivity contribution in [3.63, 3.8) is 0 Å². The maximum Gasteiger partial charge on any atom is 0.178 e. The molecule has 0 fully saturated rings. The lowest BCUT2D eigenvalue weighted by atomic mass is 10.1. The Hall–Kier alpha value is -1.29. The Balaban J connectivity index is 2.54. The molecule has 0 aliphatic rings. The molecule has 0 radical (unpaired) electrons. The molecule has 4 heteroatoms. The highest BCUT2D eigenvalue weighted by Crippen LogP contribution is 2.30. The number of Topliss-reactive ketones (excluding diaryl/α,β-unsaturated/α-hetero) is 1. The second-order valence-electron chi connectivity index (χ2n) is 4.05. The van der Waals surface area contributed by atoms with Crippen LogP contribution in [0.2, 0.25) is 0 Å². The molecular formula is C14H16BrNO2. The number of rotatable bonds is 5. The van der Waals surface area contributed by atoms with E-state index >= 15 is 0 Å². The molecule has 0 bridgehead atoms. The zero-order valence-corrected chi connectivity index (χ0v) is 12.1. The number of H-pyrrole nitrogens is 1. The van der Waals surface area contributed by atoms with Gasteiger partial charge in [-0.05, 0) is 25.5 Å². The summed E-state index contributed by atoms with van der Waals surface area (Å²) in [6.07, 6.45) is 2.53.